The van der Waals surface area contributed by atoms with Gasteiger partial charge in [-0.05, 0) is 31.0 Å². The minimum Gasteiger partial charge on any atom is -0.355 e. The molecule has 1 unspecified atom stereocenters. The van der Waals surface area contributed by atoms with E-state index in [1.165, 1.54) is 6.07 Å². The van der Waals surface area contributed by atoms with Gasteiger partial charge in [-0.1, -0.05) is 17.7 Å². The minimum atomic E-state index is -0.353. The number of likely N-dealkylation sites (N-methyl/N-ethyl adjacent to an activating group) is 1. The zero-order valence-electron chi connectivity index (χ0n) is 13.3. The average Bonchev–Trinajstić information content (AvgIpc) is 2.99. The van der Waals surface area contributed by atoms with Crippen LogP contribution in [-0.4, -0.2) is 41.0 Å². The molecule has 0 radical (unpaired) electrons. The van der Waals surface area contributed by atoms with E-state index in [0.717, 1.165) is 43.1 Å². The second-order valence-electron chi connectivity index (χ2n) is 6.05. The zero-order valence-corrected chi connectivity index (χ0v) is 14.1. The number of hydrogen-bond donors (Lipinski definition) is 0. The van der Waals surface area contributed by atoms with Crippen LogP contribution in [0.4, 0.5) is 10.2 Å². The smallest absolute Gasteiger partial charge is 0.142 e. The third-order valence-corrected chi connectivity index (χ3v) is 4.64. The fourth-order valence-corrected chi connectivity index (χ4v) is 3.11. The largest absolute Gasteiger partial charge is 0.355 e. The van der Waals surface area contributed by atoms with Gasteiger partial charge >= 0.3 is 0 Å². The molecule has 0 saturated carbocycles. The Hall–Kier alpha value is -1.72. The van der Waals surface area contributed by atoms with Gasteiger partial charge < -0.3 is 4.90 Å². The quantitative estimate of drug-likeness (QED) is 0.859. The number of anilines is 1. The number of benzene rings is 1. The molecule has 0 N–H and O–H groups in total. The lowest BCUT2D eigenvalue weighted by Gasteiger charge is -2.26. The number of likely N-dealkylation sites (tertiary alicyclic amines) is 1. The number of hydrogen-bond acceptors (Lipinski definition) is 4. The second-order valence-corrected chi connectivity index (χ2v) is 6.46. The third-order valence-electron chi connectivity index (χ3n) is 4.34. The molecule has 1 saturated heterocycles. The maximum Gasteiger partial charge on any atom is 0.142 e. The van der Waals surface area contributed by atoms with Gasteiger partial charge in [0.05, 0.1) is 5.02 Å². The molecule has 2 heterocycles. The van der Waals surface area contributed by atoms with Crippen molar-refractivity contribution in [2.24, 2.45) is 0 Å². The highest BCUT2D eigenvalue weighted by Gasteiger charge is 2.26. The Balaban J connectivity index is 1.62. The molecule has 1 fully saturated rings. The summed E-state index contributed by atoms with van der Waals surface area (Å²) in [6.45, 7) is 4.63. The number of nitrogens with zero attached hydrogens (tertiary/aromatic N) is 4. The molecule has 1 atom stereocenters. The highest BCUT2D eigenvalue weighted by molar-refractivity contribution is 6.30. The van der Waals surface area contributed by atoms with E-state index in [9.17, 15) is 4.39 Å². The van der Waals surface area contributed by atoms with Gasteiger partial charge in [0.2, 0.25) is 0 Å². The van der Waals surface area contributed by atoms with Crippen LogP contribution < -0.4 is 4.90 Å². The van der Waals surface area contributed by atoms with Crippen LogP contribution in [-0.2, 0) is 6.54 Å². The minimum absolute atomic E-state index is 0.173. The molecule has 0 spiro atoms. The Labute approximate surface area is 140 Å². The van der Waals surface area contributed by atoms with Crippen molar-refractivity contribution >= 4 is 17.4 Å². The fraction of sp³-hybridized carbons (Fsp3) is 0.412. The number of aryl methyl sites for hydroxylation is 1. The molecule has 0 bridgehead atoms. The molecule has 23 heavy (non-hydrogen) atoms. The SMILES string of the molecule is Cc1cc(N(C)C2CCN(Cc3ccc(Cl)c(F)c3)C2)ncn1. The monoisotopic (exact) mass is 334 g/mol. The van der Waals surface area contributed by atoms with Gasteiger partial charge in [0, 0.05) is 44.5 Å². The van der Waals surface area contributed by atoms with E-state index in [-0.39, 0.29) is 10.8 Å². The third kappa shape index (κ3) is 3.79. The summed E-state index contributed by atoms with van der Waals surface area (Å²) in [5.41, 5.74) is 1.92. The molecule has 1 aromatic carbocycles. The van der Waals surface area contributed by atoms with Crippen molar-refractivity contribution in [3.8, 4) is 0 Å². The average molecular weight is 335 g/mol. The van der Waals surface area contributed by atoms with Crippen molar-refractivity contribution in [1.29, 1.82) is 0 Å². The summed E-state index contributed by atoms with van der Waals surface area (Å²) in [5, 5.41) is 0.173. The Kier molecular flexibility index (Phi) is 4.78. The Morgan fingerprint density at radius 3 is 2.91 bits per heavy atom. The van der Waals surface area contributed by atoms with Gasteiger partial charge in [0.25, 0.3) is 0 Å². The molecule has 1 aromatic heterocycles. The van der Waals surface area contributed by atoms with Gasteiger partial charge in [0.15, 0.2) is 0 Å². The lowest BCUT2D eigenvalue weighted by Crippen LogP contribution is -2.35. The van der Waals surface area contributed by atoms with Crippen molar-refractivity contribution in [3.63, 3.8) is 0 Å². The molecule has 4 nitrogen and oxygen atoms in total. The normalized spacial score (nSPS) is 18.3. The van der Waals surface area contributed by atoms with Crippen LogP contribution in [0.2, 0.25) is 5.02 Å². The Morgan fingerprint density at radius 2 is 2.17 bits per heavy atom. The van der Waals surface area contributed by atoms with Crippen LogP contribution in [0.3, 0.4) is 0 Å². The maximum absolute atomic E-state index is 13.5. The number of halogens is 2. The van der Waals surface area contributed by atoms with E-state index < -0.39 is 0 Å². The van der Waals surface area contributed by atoms with Crippen LogP contribution in [0.15, 0.2) is 30.6 Å². The first-order valence-corrected chi connectivity index (χ1v) is 8.08. The Morgan fingerprint density at radius 1 is 1.35 bits per heavy atom. The van der Waals surface area contributed by atoms with Crippen molar-refractivity contribution < 1.29 is 4.39 Å². The summed E-state index contributed by atoms with van der Waals surface area (Å²) in [4.78, 5) is 13.0. The fourth-order valence-electron chi connectivity index (χ4n) is 2.99. The summed E-state index contributed by atoms with van der Waals surface area (Å²) in [6.07, 6.45) is 2.67. The predicted molar refractivity (Wildman–Crippen MR) is 90.3 cm³/mol. The highest BCUT2D eigenvalue weighted by Crippen LogP contribution is 2.22. The molecule has 1 aliphatic heterocycles. The van der Waals surface area contributed by atoms with Gasteiger partial charge in [-0.2, -0.15) is 0 Å². The molecule has 3 rings (SSSR count). The first kappa shape index (κ1) is 16.1. The van der Waals surface area contributed by atoms with E-state index in [0.29, 0.717) is 6.04 Å². The molecular formula is C17H20ClFN4. The van der Waals surface area contributed by atoms with E-state index in [1.807, 2.05) is 19.1 Å². The molecule has 0 aliphatic carbocycles. The van der Waals surface area contributed by atoms with Crippen LogP contribution in [0.5, 0.6) is 0 Å². The zero-order chi connectivity index (χ0) is 16.4. The molecule has 1 aliphatic rings. The summed E-state index contributed by atoms with van der Waals surface area (Å²) >= 11 is 5.74. The maximum atomic E-state index is 13.5. The predicted octanol–water partition coefficient (Wildman–Crippen LogP) is 3.29. The first-order chi connectivity index (χ1) is 11.0. The first-order valence-electron chi connectivity index (χ1n) is 7.70. The topological polar surface area (TPSA) is 32.3 Å². The lowest BCUT2D eigenvalue weighted by atomic mass is 10.2. The molecule has 122 valence electrons. The lowest BCUT2D eigenvalue weighted by molar-refractivity contribution is 0.325. The number of rotatable bonds is 4. The van der Waals surface area contributed by atoms with Gasteiger partial charge in [0.1, 0.15) is 18.0 Å². The Bertz CT molecular complexity index is 694. The summed E-state index contributed by atoms with van der Waals surface area (Å²) in [5.74, 6) is 0.593. The molecule has 0 amide bonds. The standard InChI is InChI=1S/C17H20ClFN4/c1-12-7-17(21-11-20-12)22(2)14-5-6-23(10-14)9-13-3-4-15(18)16(19)8-13/h3-4,7-8,11,14H,5-6,9-10H2,1-2H3. The van der Waals surface area contributed by atoms with Crippen molar-refractivity contribution in [2.45, 2.75) is 25.9 Å². The van der Waals surface area contributed by atoms with Crippen molar-refractivity contribution in [1.82, 2.24) is 14.9 Å². The van der Waals surface area contributed by atoms with Gasteiger partial charge in [-0.3, -0.25) is 4.90 Å². The summed E-state index contributed by atoms with van der Waals surface area (Å²) in [6, 6.07) is 7.43. The molecule has 2 aromatic rings. The van der Waals surface area contributed by atoms with E-state index >= 15 is 0 Å². The van der Waals surface area contributed by atoms with Crippen LogP contribution >= 0.6 is 11.6 Å². The van der Waals surface area contributed by atoms with E-state index in [2.05, 4.69) is 26.8 Å². The second kappa shape index (κ2) is 6.81. The molecule has 6 heteroatoms. The molecular weight excluding hydrogens is 315 g/mol. The summed E-state index contributed by atoms with van der Waals surface area (Å²) in [7, 11) is 2.07. The van der Waals surface area contributed by atoms with E-state index in [4.69, 9.17) is 11.6 Å². The van der Waals surface area contributed by atoms with Crippen LogP contribution in [0.25, 0.3) is 0 Å². The highest BCUT2D eigenvalue weighted by atomic mass is 35.5. The number of aromatic nitrogens is 2. The van der Waals surface area contributed by atoms with Crippen molar-refractivity contribution in [3.05, 3.63) is 52.7 Å². The van der Waals surface area contributed by atoms with Gasteiger partial charge in [-0.25, -0.2) is 14.4 Å². The van der Waals surface area contributed by atoms with Gasteiger partial charge in [-0.15, -0.1) is 0 Å². The van der Waals surface area contributed by atoms with Crippen molar-refractivity contribution in [2.75, 3.05) is 25.0 Å². The van der Waals surface area contributed by atoms with E-state index in [1.54, 1.807) is 12.4 Å². The van der Waals surface area contributed by atoms with Crippen LogP contribution in [0, 0.1) is 12.7 Å². The summed E-state index contributed by atoms with van der Waals surface area (Å²) < 4.78 is 13.5. The van der Waals surface area contributed by atoms with Crippen LogP contribution in [0.1, 0.15) is 17.7 Å².